The molecule has 0 bridgehead atoms. The van der Waals surface area contributed by atoms with Crippen molar-refractivity contribution in [2.75, 3.05) is 18.8 Å². The van der Waals surface area contributed by atoms with Crippen LogP contribution in [0.25, 0.3) is 0 Å². The highest BCUT2D eigenvalue weighted by molar-refractivity contribution is 7.99. The average molecular weight is 315 g/mol. The molecule has 1 aliphatic heterocycles. The van der Waals surface area contributed by atoms with Crippen LogP contribution < -0.4 is 5.73 Å². The van der Waals surface area contributed by atoms with Gasteiger partial charge in [-0.25, -0.2) is 0 Å². The van der Waals surface area contributed by atoms with E-state index in [1.807, 2.05) is 53.9 Å². The van der Waals surface area contributed by atoms with Gasteiger partial charge >= 0.3 is 0 Å². The lowest BCUT2D eigenvalue weighted by Gasteiger charge is -2.34. The molecule has 1 saturated heterocycles. The van der Waals surface area contributed by atoms with E-state index < -0.39 is 0 Å². The molecule has 1 aromatic rings. The first-order valence-corrected chi connectivity index (χ1v) is 7.85. The fraction of sp³-hybridized carbons (Fsp3) is 0.533. The van der Waals surface area contributed by atoms with Gasteiger partial charge in [0.05, 0.1) is 5.92 Å². The molecule has 1 fully saturated rings. The van der Waals surface area contributed by atoms with Crippen LogP contribution in [0.1, 0.15) is 25.5 Å². The van der Waals surface area contributed by atoms with Crippen molar-refractivity contribution in [3.63, 3.8) is 0 Å². The Morgan fingerprint density at radius 3 is 2.65 bits per heavy atom. The number of thioether (sulfide) groups is 1. The number of rotatable bonds is 3. The van der Waals surface area contributed by atoms with E-state index in [4.69, 9.17) is 5.73 Å². The Morgan fingerprint density at radius 1 is 1.40 bits per heavy atom. The quantitative estimate of drug-likeness (QED) is 0.933. The predicted octanol–water partition coefficient (Wildman–Crippen LogP) is 2.71. The zero-order chi connectivity index (χ0) is 13.8. The van der Waals surface area contributed by atoms with Crippen molar-refractivity contribution in [1.82, 2.24) is 4.90 Å². The van der Waals surface area contributed by atoms with Gasteiger partial charge in [-0.3, -0.25) is 4.79 Å². The second-order valence-corrected chi connectivity index (χ2v) is 6.74. The standard InChI is InChI=1S/C15H22N2OS.ClH/c1-11-10-17(8-9-19-11)15(18)12(2)14(16)13-6-4-3-5-7-13;/h3-7,11-12,14H,8-10,16H2,1-2H3;1H. The fourth-order valence-corrected chi connectivity index (χ4v) is 3.44. The van der Waals surface area contributed by atoms with Crippen LogP contribution in [-0.2, 0) is 4.79 Å². The molecule has 5 heteroatoms. The summed E-state index contributed by atoms with van der Waals surface area (Å²) in [4.78, 5) is 14.5. The molecule has 112 valence electrons. The summed E-state index contributed by atoms with van der Waals surface area (Å²) in [5.41, 5.74) is 7.26. The maximum atomic E-state index is 12.5. The molecule has 0 radical (unpaired) electrons. The molecule has 1 amide bonds. The molecule has 3 unspecified atom stereocenters. The van der Waals surface area contributed by atoms with Gasteiger partial charge in [-0.05, 0) is 5.56 Å². The molecule has 0 aromatic heterocycles. The number of nitrogens with two attached hydrogens (primary N) is 1. The summed E-state index contributed by atoms with van der Waals surface area (Å²) in [6.07, 6.45) is 0. The average Bonchev–Trinajstić information content (AvgIpc) is 2.46. The highest BCUT2D eigenvalue weighted by atomic mass is 35.5. The van der Waals surface area contributed by atoms with Crippen molar-refractivity contribution in [2.45, 2.75) is 25.1 Å². The summed E-state index contributed by atoms with van der Waals surface area (Å²) < 4.78 is 0. The topological polar surface area (TPSA) is 46.3 Å². The molecule has 0 aliphatic carbocycles. The first kappa shape index (κ1) is 17.3. The molecule has 1 aromatic carbocycles. The van der Waals surface area contributed by atoms with Crippen LogP contribution in [0, 0.1) is 5.92 Å². The molecule has 0 saturated carbocycles. The second kappa shape index (κ2) is 7.91. The Hall–Kier alpha value is -0.710. The van der Waals surface area contributed by atoms with E-state index in [-0.39, 0.29) is 30.3 Å². The van der Waals surface area contributed by atoms with E-state index in [0.29, 0.717) is 5.25 Å². The Labute approximate surface area is 131 Å². The number of benzene rings is 1. The Balaban J connectivity index is 0.00000200. The lowest BCUT2D eigenvalue weighted by molar-refractivity contribution is -0.135. The van der Waals surface area contributed by atoms with E-state index in [9.17, 15) is 4.79 Å². The van der Waals surface area contributed by atoms with Gasteiger partial charge in [0, 0.05) is 30.1 Å². The number of hydrogen-bond acceptors (Lipinski definition) is 3. The Kier molecular flexibility index (Phi) is 6.86. The van der Waals surface area contributed by atoms with Crippen molar-refractivity contribution >= 4 is 30.1 Å². The third-order valence-electron chi connectivity index (χ3n) is 3.67. The van der Waals surface area contributed by atoms with Crippen molar-refractivity contribution in [1.29, 1.82) is 0 Å². The SMILES string of the molecule is CC1CN(C(=O)C(C)C(N)c2ccccc2)CCS1.Cl. The third kappa shape index (κ3) is 4.14. The van der Waals surface area contributed by atoms with Gasteiger partial charge in [-0.15, -0.1) is 12.4 Å². The lowest BCUT2D eigenvalue weighted by atomic mass is 9.94. The van der Waals surface area contributed by atoms with Gasteiger partial charge in [-0.1, -0.05) is 44.2 Å². The van der Waals surface area contributed by atoms with Crippen LogP contribution >= 0.6 is 24.2 Å². The van der Waals surface area contributed by atoms with Crippen LogP contribution in [0.5, 0.6) is 0 Å². The highest BCUT2D eigenvalue weighted by Gasteiger charge is 2.29. The summed E-state index contributed by atoms with van der Waals surface area (Å²) >= 11 is 1.93. The van der Waals surface area contributed by atoms with Crippen molar-refractivity contribution in [3.05, 3.63) is 35.9 Å². The van der Waals surface area contributed by atoms with Gasteiger partial charge in [-0.2, -0.15) is 11.8 Å². The molecule has 1 heterocycles. The lowest BCUT2D eigenvalue weighted by Crippen LogP contribution is -2.45. The maximum absolute atomic E-state index is 12.5. The van der Waals surface area contributed by atoms with Crippen LogP contribution in [0.3, 0.4) is 0 Å². The number of carbonyl (C=O) groups is 1. The van der Waals surface area contributed by atoms with Gasteiger partial charge in [0.25, 0.3) is 0 Å². The summed E-state index contributed by atoms with van der Waals surface area (Å²) in [7, 11) is 0. The van der Waals surface area contributed by atoms with Crippen LogP contribution in [-0.4, -0.2) is 34.9 Å². The minimum absolute atomic E-state index is 0. The van der Waals surface area contributed by atoms with Crippen molar-refractivity contribution in [2.24, 2.45) is 11.7 Å². The molecule has 3 nitrogen and oxygen atoms in total. The van der Waals surface area contributed by atoms with Gasteiger partial charge < -0.3 is 10.6 Å². The maximum Gasteiger partial charge on any atom is 0.227 e. The molecule has 0 spiro atoms. The molecule has 2 rings (SSSR count). The molecular formula is C15H23ClN2OS. The fourth-order valence-electron chi connectivity index (χ4n) is 2.42. The third-order valence-corrected chi connectivity index (χ3v) is 4.80. The van der Waals surface area contributed by atoms with Crippen LogP contribution in [0.4, 0.5) is 0 Å². The van der Waals surface area contributed by atoms with Crippen molar-refractivity contribution < 1.29 is 4.79 Å². The van der Waals surface area contributed by atoms with E-state index in [0.717, 1.165) is 24.4 Å². The van der Waals surface area contributed by atoms with Crippen LogP contribution in [0.2, 0.25) is 0 Å². The number of hydrogen-bond donors (Lipinski definition) is 1. The number of amides is 1. The first-order valence-electron chi connectivity index (χ1n) is 6.80. The smallest absolute Gasteiger partial charge is 0.227 e. The van der Waals surface area contributed by atoms with E-state index in [1.54, 1.807) is 0 Å². The Morgan fingerprint density at radius 2 is 2.05 bits per heavy atom. The van der Waals surface area contributed by atoms with Crippen molar-refractivity contribution in [3.8, 4) is 0 Å². The normalized spacial score (nSPS) is 21.8. The summed E-state index contributed by atoms with van der Waals surface area (Å²) in [6.45, 7) is 5.80. The number of carbonyl (C=O) groups excluding carboxylic acids is 1. The van der Waals surface area contributed by atoms with Gasteiger partial charge in [0.15, 0.2) is 0 Å². The van der Waals surface area contributed by atoms with Gasteiger partial charge in [0.2, 0.25) is 5.91 Å². The summed E-state index contributed by atoms with van der Waals surface area (Å²) in [6, 6.07) is 9.65. The second-order valence-electron chi connectivity index (χ2n) is 5.19. The molecule has 2 N–H and O–H groups in total. The highest BCUT2D eigenvalue weighted by Crippen LogP contribution is 2.24. The minimum Gasteiger partial charge on any atom is -0.340 e. The molecule has 20 heavy (non-hydrogen) atoms. The molecular weight excluding hydrogens is 292 g/mol. The zero-order valence-electron chi connectivity index (χ0n) is 12.0. The van der Waals surface area contributed by atoms with Crippen LogP contribution in [0.15, 0.2) is 30.3 Å². The monoisotopic (exact) mass is 314 g/mol. The summed E-state index contributed by atoms with van der Waals surface area (Å²) in [5.74, 6) is 1.04. The van der Waals surface area contributed by atoms with E-state index >= 15 is 0 Å². The molecule has 1 aliphatic rings. The summed E-state index contributed by atoms with van der Waals surface area (Å²) in [5, 5.41) is 0.526. The number of nitrogens with zero attached hydrogens (tertiary/aromatic N) is 1. The minimum atomic E-state index is -0.224. The van der Waals surface area contributed by atoms with E-state index in [1.165, 1.54) is 0 Å². The van der Waals surface area contributed by atoms with Gasteiger partial charge in [0.1, 0.15) is 0 Å². The first-order chi connectivity index (χ1) is 9.09. The Bertz CT molecular complexity index is 429. The molecule has 3 atom stereocenters. The van der Waals surface area contributed by atoms with E-state index in [2.05, 4.69) is 6.92 Å². The number of halogens is 1. The predicted molar refractivity (Wildman–Crippen MR) is 88.3 cm³/mol. The largest absolute Gasteiger partial charge is 0.340 e. The zero-order valence-corrected chi connectivity index (χ0v) is 13.6.